The highest BCUT2D eigenvalue weighted by Gasteiger charge is 2.12. The van der Waals surface area contributed by atoms with Gasteiger partial charge in [-0.3, -0.25) is 0 Å². The van der Waals surface area contributed by atoms with Gasteiger partial charge in [0.15, 0.2) is 0 Å². The second-order valence-corrected chi connectivity index (χ2v) is 11.1. The van der Waals surface area contributed by atoms with E-state index >= 15 is 0 Å². The highest BCUT2D eigenvalue weighted by Crippen LogP contribution is 2.27. The summed E-state index contributed by atoms with van der Waals surface area (Å²) in [7, 11) is 4.30. The van der Waals surface area contributed by atoms with Crippen molar-refractivity contribution in [2.75, 3.05) is 66.5 Å². The summed E-state index contributed by atoms with van der Waals surface area (Å²) in [5.41, 5.74) is 6.87. The van der Waals surface area contributed by atoms with Crippen LogP contribution in [0, 0.1) is 0 Å². The first-order valence-electron chi connectivity index (χ1n) is 14.4. The molecule has 0 unspecified atom stereocenters. The SMILES string of the molecule is CN(C)Cc1ccccc1-c1cc(CNCCN2CCCCC2)cc(CNCCN2CCCCC2)c1. The minimum absolute atomic E-state index is 0.929. The molecule has 0 aromatic heterocycles. The van der Waals surface area contributed by atoms with E-state index in [0.29, 0.717) is 0 Å². The quantitative estimate of drug-likeness (QED) is 0.401. The Morgan fingerprint density at radius 1 is 0.694 bits per heavy atom. The fourth-order valence-corrected chi connectivity index (χ4v) is 5.71. The number of rotatable bonds is 13. The molecule has 2 aromatic carbocycles. The topological polar surface area (TPSA) is 33.8 Å². The number of nitrogens with zero attached hydrogens (tertiary/aromatic N) is 3. The fraction of sp³-hybridized carbons (Fsp3) is 0.613. The lowest BCUT2D eigenvalue weighted by molar-refractivity contribution is 0.229. The van der Waals surface area contributed by atoms with Crippen LogP contribution in [0.3, 0.4) is 0 Å². The van der Waals surface area contributed by atoms with Gasteiger partial charge in [0.1, 0.15) is 0 Å². The predicted octanol–water partition coefficient (Wildman–Crippen LogP) is 4.57. The molecule has 2 saturated heterocycles. The smallest absolute Gasteiger partial charge is 0.0233 e. The first-order valence-corrected chi connectivity index (χ1v) is 14.4. The Morgan fingerprint density at radius 3 is 1.75 bits per heavy atom. The molecule has 2 fully saturated rings. The Morgan fingerprint density at radius 2 is 1.22 bits per heavy atom. The summed E-state index contributed by atoms with van der Waals surface area (Å²) in [6.07, 6.45) is 8.26. The fourth-order valence-electron chi connectivity index (χ4n) is 5.71. The minimum Gasteiger partial charge on any atom is -0.311 e. The van der Waals surface area contributed by atoms with Crippen LogP contribution in [-0.4, -0.2) is 81.2 Å². The third kappa shape index (κ3) is 8.97. The number of hydrogen-bond donors (Lipinski definition) is 2. The number of nitrogens with one attached hydrogen (secondary N) is 2. The van der Waals surface area contributed by atoms with E-state index in [1.807, 2.05) is 0 Å². The van der Waals surface area contributed by atoms with Gasteiger partial charge in [-0.2, -0.15) is 0 Å². The van der Waals surface area contributed by atoms with Crippen molar-refractivity contribution in [1.29, 1.82) is 0 Å². The van der Waals surface area contributed by atoms with Crippen LogP contribution in [0.25, 0.3) is 11.1 Å². The molecular weight excluding hydrogens is 442 g/mol. The van der Waals surface area contributed by atoms with E-state index in [2.05, 4.69) is 81.9 Å². The van der Waals surface area contributed by atoms with Gasteiger partial charge in [-0.05, 0) is 106 Å². The molecule has 2 heterocycles. The van der Waals surface area contributed by atoms with E-state index in [4.69, 9.17) is 0 Å². The minimum atomic E-state index is 0.929. The highest BCUT2D eigenvalue weighted by molar-refractivity contribution is 5.69. The molecule has 0 radical (unpaired) electrons. The monoisotopic (exact) mass is 491 g/mol. The van der Waals surface area contributed by atoms with Crippen molar-refractivity contribution >= 4 is 0 Å². The van der Waals surface area contributed by atoms with Crippen LogP contribution >= 0.6 is 0 Å². The lowest BCUT2D eigenvalue weighted by Crippen LogP contribution is -2.35. The van der Waals surface area contributed by atoms with Gasteiger partial charge in [-0.25, -0.2) is 0 Å². The first-order chi connectivity index (χ1) is 17.7. The van der Waals surface area contributed by atoms with Crippen molar-refractivity contribution in [3.8, 4) is 11.1 Å². The Balaban J connectivity index is 1.40. The van der Waals surface area contributed by atoms with Crippen LogP contribution in [0.1, 0.15) is 55.2 Å². The molecule has 2 aliphatic rings. The maximum Gasteiger partial charge on any atom is 0.0233 e. The normalized spacial score (nSPS) is 17.6. The second-order valence-electron chi connectivity index (χ2n) is 11.1. The summed E-state index contributed by atoms with van der Waals surface area (Å²) in [6, 6.07) is 16.1. The van der Waals surface area contributed by atoms with Crippen LogP contribution in [0.15, 0.2) is 42.5 Å². The van der Waals surface area contributed by atoms with Crippen molar-refractivity contribution in [3.63, 3.8) is 0 Å². The van der Waals surface area contributed by atoms with E-state index in [1.54, 1.807) is 0 Å². The molecule has 36 heavy (non-hydrogen) atoms. The van der Waals surface area contributed by atoms with Gasteiger partial charge >= 0.3 is 0 Å². The van der Waals surface area contributed by atoms with Crippen LogP contribution in [0.5, 0.6) is 0 Å². The van der Waals surface area contributed by atoms with E-state index < -0.39 is 0 Å². The predicted molar refractivity (Wildman–Crippen MR) is 153 cm³/mol. The zero-order valence-corrected chi connectivity index (χ0v) is 22.9. The zero-order valence-electron chi connectivity index (χ0n) is 22.9. The number of piperidine rings is 2. The third-order valence-corrected chi connectivity index (χ3v) is 7.63. The van der Waals surface area contributed by atoms with Gasteiger partial charge in [0.05, 0.1) is 0 Å². The molecular formula is C31H49N5. The Kier molecular flexibility index (Phi) is 11.3. The summed E-state index contributed by atoms with van der Waals surface area (Å²) >= 11 is 0. The first kappa shape index (κ1) is 27.3. The van der Waals surface area contributed by atoms with Gasteiger partial charge in [-0.1, -0.05) is 43.2 Å². The van der Waals surface area contributed by atoms with Gasteiger partial charge in [0.25, 0.3) is 0 Å². The molecule has 0 bridgehead atoms. The third-order valence-electron chi connectivity index (χ3n) is 7.63. The molecule has 198 valence electrons. The highest BCUT2D eigenvalue weighted by atomic mass is 15.1. The Bertz CT molecular complexity index is 855. The molecule has 2 N–H and O–H groups in total. The van der Waals surface area contributed by atoms with Crippen molar-refractivity contribution in [2.24, 2.45) is 0 Å². The molecule has 0 saturated carbocycles. The molecule has 4 rings (SSSR count). The van der Waals surface area contributed by atoms with Gasteiger partial charge in [0.2, 0.25) is 0 Å². The molecule has 0 aliphatic carbocycles. The van der Waals surface area contributed by atoms with E-state index in [1.165, 1.54) is 92.5 Å². The molecule has 0 atom stereocenters. The van der Waals surface area contributed by atoms with Crippen LogP contribution in [0.2, 0.25) is 0 Å². The Hall–Kier alpha value is -1.76. The molecule has 2 aliphatic heterocycles. The average Bonchev–Trinajstić information content (AvgIpc) is 2.90. The maximum atomic E-state index is 3.74. The van der Waals surface area contributed by atoms with Gasteiger partial charge in [-0.15, -0.1) is 0 Å². The molecule has 0 amide bonds. The van der Waals surface area contributed by atoms with Crippen molar-refractivity contribution in [2.45, 2.75) is 58.2 Å². The molecule has 2 aromatic rings. The van der Waals surface area contributed by atoms with Crippen molar-refractivity contribution < 1.29 is 0 Å². The summed E-state index contributed by atoms with van der Waals surface area (Å²) in [5, 5.41) is 7.47. The van der Waals surface area contributed by atoms with E-state index in [-0.39, 0.29) is 0 Å². The molecule has 0 spiro atoms. The van der Waals surface area contributed by atoms with Crippen molar-refractivity contribution in [1.82, 2.24) is 25.3 Å². The van der Waals surface area contributed by atoms with Crippen LogP contribution in [-0.2, 0) is 19.6 Å². The van der Waals surface area contributed by atoms with Crippen molar-refractivity contribution in [3.05, 3.63) is 59.2 Å². The largest absolute Gasteiger partial charge is 0.311 e. The summed E-state index contributed by atoms with van der Waals surface area (Å²) in [6.45, 7) is 12.3. The standard InChI is InChI=1S/C31H49N5/c1-34(2)26-29-11-5-6-12-31(29)30-22-27(24-32-13-19-35-15-7-3-8-16-35)21-28(23-30)25-33-14-20-36-17-9-4-10-18-36/h5-6,11-12,21-23,32-33H,3-4,7-10,13-20,24-26H2,1-2H3. The zero-order chi connectivity index (χ0) is 25.0. The average molecular weight is 492 g/mol. The lowest BCUT2D eigenvalue weighted by Gasteiger charge is -2.26. The van der Waals surface area contributed by atoms with E-state index in [9.17, 15) is 0 Å². The number of likely N-dealkylation sites (tertiary alicyclic amines) is 2. The summed E-state index contributed by atoms with van der Waals surface area (Å²) in [4.78, 5) is 7.48. The van der Waals surface area contributed by atoms with E-state index in [0.717, 1.165) is 45.8 Å². The van der Waals surface area contributed by atoms with Crippen LogP contribution < -0.4 is 10.6 Å². The molecule has 5 heteroatoms. The number of benzene rings is 2. The maximum absolute atomic E-state index is 3.74. The van der Waals surface area contributed by atoms with Crippen LogP contribution in [0.4, 0.5) is 0 Å². The van der Waals surface area contributed by atoms with Gasteiger partial charge < -0.3 is 25.3 Å². The second kappa shape index (κ2) is 14.8. The number of hydrogen-bond acceptors (Lipinski definition) is 5. The van der Waals surface area contributed by atoms with Gasteiger partial charge in [0, 0.05) is 45.8 Å². The summed E-state index contributed by atoms with van der Waals surface area (Å²) in [5.74, 6) is 0. The lowest BCUT2D eigenvalue weighted by atomic mass is 9.95. The Labute approximate surface area is 220 Å². The molecule has 5 nitrogen and oxygen atoms in total. The summed E-state index contributed by atoms with van der Waals surface area (Å²) < 4.78 is 0.